The highest BCUT2D eigenvalue weighted by Crippen LogP contribution is 2.33. The number of carbonyl (C=O) groups excluding carboxylic acids is 1. The lowest BCUT2D eigenvalue weighted by molar-refractivity contribution is -0.0255. The number of hydrogen-bond acceptors (Lipinski definition) is 6. The fraction of sp³-hybridized carbons (Fsp3) is 0.750. The van der Waals surface area contributed by atoms with Gasteiger partial charge in [-0.1, -0.05) is 0 Å². The van der Waals surface area contributed by atoms with Gasteiger partial charge in [-0.15, -0.1) is 5.10 Å². The molecule has 3 rings (SSSR count). The Labute approximate surface area is 147 Å². The van der Waals surface area contributed by atoms with Gasteiger partial charge in [-0.05, 0) is 24.3 Å². The van der Waals surface area contributed by atoms with Gasteiger partial charge in [0.1, 0.15) is 5.56 Å². The Morgan fingerprint density at radius 2 is 2.12 bits per heavy atom. The summed E-state index contributed by atoms with van der Waals surface area (Å²) in [5.74, 6) is 2.54. The molecule has 0 aromatic carbocycles. The lowest BCUT2D eigenvalue weighted by Gasteiger charge is -2.48. The summed E-state index contributed by atoms with van der Waals surface area (Å²) in [5, 5.41) is 7.29. The number of rotatable bonds is 5. The van der Waals surface area contributed by atoms with Gasteiger partial charge in [-0.3, -0.25) is 14.4 Å². The van der Waals surface area contributed by atoms with E-state index in [9.17, 15) is 4.79 Å². The third-order valence-corrected chi connectivity index (χ3v) is 5.90. The summed E-state index contributed by atoms with van der Waals surface area (Å²) < 4.78 is 12.3. The first-order valence-corrected chi connectivity index (χ1v) is 9.56. The van der Waals surface area contributed by atoms with Crippen LogP contribution in [0.3, 0.4) is 0 Å². The first-order valence-electron chi connectivity index (χ1n) is 8.41. The second-order valence-corrected chi connectivity index (χ2v) is 7.57. The number of thioether (sulfide) groups is 1. The van der Waals surface area contributed by atoms with E-state index >= 15 is 0 Å². The van der Waals surface area contributed by atoms with Crippen LogP contribution in [0.15, 0.2) is 6.20 Å². The molecule has 24 heavy (non-hydrogen) atoms. The number of aryl methyl sites for hydroxylation is 1. The van der Waals surface area contributed by atoms with Gasteiger partial charge in [0.2, 0.25) is 5.88 Å². The normalized spacial score (nSPS) is 21.4. The highest BCUT2D eigenvalue weighted by molar-refractivity contribution is 7.99. The molecule has 2 fully saturated rings. The molecule has 0 atom stereocenters. The van der Waals surface area contributed by atoms with E-state index in [0.717, 1.165) is 50.7 Å². The van der Waals surface area contributed by atoms with Crippen molar-refractivity contribution in [2.75, 3.05) is 51.5 Å². The van der Waals surface area contributed by atoms with Crippen LogP contribution < -0.4 is 10.1 Å². The Hall–Kier alpha value is -1.25. The highest BCUT2D eigenvalue weighted by atomic mass is 32.2. The molecule has 2 aliphatic heterocycles. The van der Waals surface area contributed by atoms with Gasteiger partial charge in [-0.25, -0.2) is 0 Å². The highest BCUT2D eigenvalue weighted by Gasteiger charge is 2.39. The maximum Gasteiger partial charge on any atom is 0.258 e. The third kappa shape index (κ3) is 3.70. The zero-order valence-electron chi connectivity index (χ0n) is 14.4. The monoisotopic (exact) mass is 354 g/mol. The van der Waals surface area contributed by atoms with E-state index in [1.807, 2.05) is 11.8 Å². The van der Waals surface area contributed by atoms with Crippen LogP contribution in [0.25, 0.3) is 0 Å². The Bertz CT molecular complexity index is 566. The molecule has 0 spiro atoms. The minimum atomic E-state index is -0.120. The van der Waals surface area contributed by atoms with Crippen molar-refractivity contribution in [2.24, 2.45) is 7.05 Å². The van der Waals surface area contributed by atoms with E-state index < -0.39 is 0 Å². The topological polar surface area (TPSA) is 68.6 Å². The Morgan fingerprint density at radius 1 is 1.42 bits per heavy atom. The van der Waals surface area contributed by atoms with Gasteiger partial charge in [0.05, 0.1) is 20.3 Å². The number of amides is 1. The molecule has 0 aliphatic carbocycles. The number of methoxy groups -OCH3 is 1. The lowest BCUT2D eigenvalue weighted by Crippen LogP contribution is -2.60. The number of ether oxygens (including phenoxy) is 2. The fourth-order valence-corrected chi connectivity index (χ4v) is 4.76. The molecule has 1 aromatic heterocycles. The van der Waals surface area contributed by atoms with Crippen LogP contribution in [0.5, 0.6) is 5.88 Å². The summed E-state index contributed by atoms with van der Waals surface area (Å²) in [6.07, 6.45) is 3.90. The number of morpholine rings is 1. The van der Waals surface area contributed by atoms with Crippen LogP contribution in [-0.4, -0.2) is 77.6 Å². The van der Waals surface area contributed by atoms with E-state index in [1.165, 1.54) is 7.11 Å². The van der Waals surface area contributed by atoms with Crippen molar-refractivity contribution in [1.82, 2.24) is 20.0 Å². The Kier molecular flexibility index (Phi) is 5.68. The molecular formula is C16H26N4O3S. The summed E-state index contributed by atoms with van der Waals surface area (Å²) in [5.41, 5.74) is 0.530. The third-order valence-electron chi connectivity index (χ3n) is 4.92. The molecule has 3 heterocycles. The smallest absolute Gasteiger partial charge is 0.258 e. The Morgan fingerprint density at radius 3 is 2.79 bits per heavy atom. The predicted octanol–water partition coefficient (Wildman–Crippen LogP) is 0.757. The average molecular weight is 354 g/mol. The zero-order valence-corrected chi connectivity index (χ0v) is 15.2. The van der Waals surface area contributed by atoms with E-state index in [2.05, 4.69) is 15.3 Å². The maximum absolute atomic E-state index is 12.6. The van der Waals surface area contributed by atoms with Crippen molar-refractivity contribution in [3.05, 3.63) is 11.8 Å². The largest absolute Gasteiger partial charge is 0.479 e. The van der Waals surface area contributed by atoms with Crippen LogP contribution >= 0.6 is 11.8 Å². The van der Waals surface area contributed by atoms with Gasteiger partial charge in [0.15, 0.2) is 0 Å². The molecule has 8 heteroatoms. The first kappa shape index (κ1) is 17.6. The van der Waals surface area contributed by atoms with E-state index in [4.69, 9.17) is 9.47 Å². The summed E-state index contributed by atoms with van der Waals surface area (Å²) in [6.45, 7) is 4.09. The SMILES string of the molecule is COc1nn(C)cc1C(=O)NCC1(N2CCOCC2)CCSCC1. The molecule has 7 nitrogen and oxygen atoms in total. The fourth-order valence-electron chi connectivity index (χ4n) is 3.51. The van der Waals surface area contributed by atoms with E-state index in [-0.39, 0.29) is 11.4 Å². The molecule has 2 aliphatic rings. The molecule has 0 bridgehead atoms. The number of carbonyl (C=O) groups is 1. The quantitative estimate of drug-likeness (QED) is 0.842. The standard InChI is InChI=1S/C16H26N4O3S/c1-19-11-13(15(18-19)22-2)14(21)17-12-16(3-9-24-10-4-16)20-5-7-23-8-6-20/h11H,3-10,12H2,1-2H3,(H,17,21). The predicted molar refractivity (Wildman–Crippen MR) is 93.8 cm³/mol. The van der Waals surface area contributed by atoms with Crippen molar-refractivity contribution in [2.45, 2.75) is 18.4 Å². The van der Waals surface area contributed by atoms with E-state index in [0.29, 0.717) is 18.0 Å². The summed E-state index contributed by atoms with van der Waals surface area (Å²) >= 11 is 2.00. The number of aromatic nitrogens is 2. The second kappa shape index (κ2) is 7.76. The molecule has 0 unspecified atom stereocenters. The maximum atomic E-state index is 12.6. The van der Waals surface area contributed by atoms with Crippen LogP contribution in [-0.2, 0) is 11.8 Å². The van der Waals surface area contributed by atoms with Crippen molar-refractivity contribution in [3.8, 4) is 5.88 Å². The van der Waals surface area contributed by atoms with Gasteiger partial charge in [0, 0.05) is 38.4 Å². The van der Waals surface area contributed by atoms with Crippen LogP contribution in [0.1, 0.15) is 23.2 Å². The zero-order chi connectivity index (χ0) is 17.0. The molecule has 0 saturated carbocycles. The second-order valence-electron chi connectivity index (χ2n) is 6.34. The van der Waals surface area contributed by atoms with Crippen LogP contribution in [0.4, 0.5) is 0 Å². The molecule has 1 aromatic rings. The minimum Gasteiger partial charge on any atom is -0.479 e. The van der Waals surface area contributed by atoms with Gasteiger partial charge in [0.25, 0.3) is 5.91 Å². The van der Waals surface area contributed by atoms with Crippen LogP contribution in [0, 0.1) is 0 Å². The molecule has 134 valence electrons. The van der Waals surface area contributed by atoms with E-state index in [1.54, 1.807) is 17.9 Å². The number of hydrogen-bond donors (Lipinski definition) is 1. The van der Waals surface area contributed by atoms with Crippen molar-refractivity contribution in [3.63, 3.8) is 0 Å². The number of nitrogens with one attached hydrogen (secondary N) is 1. The summed E-state index contributed by atoms with van der Waals surface area (Å²) in [7, 11) is 3.32. The summed E-state index contributed by atoms with van der Waals surface area (Å²) in [6, 6.07) is 0. The van der Waals surface area contributed by atoms with Crippen molar-refractivity contribution >= 4 is 17.7 Å². The van der Waals surface area contributed by atoms with Gasteiger partial charge in [-0.2, -0.15) is 11.8 Å². The molecule has 1 N–H and O–H groups in total. The molecule has 0 radical (unpaired) electrons. The average Bonchev–Trinajstić information content (AvgIpc) is 3.02. The van der Waals surface area contributed by atoms with Gasteiger partial charge >= 0.3 is 0 Å². The van der Waals surface area contributed by atoms with Crippen molar-refractivity contribution < 1.29 is 14.3 Å². The molecular weight excluding hydrogens is 328 g/mol. The lowest BCUT2D eigenvalue weighted by atomic mass is 9.89. The van der Waals surface area contributed by atoms with Crippen molar-refractivity contribution in [1.29, 1.82) is 0 Å². The Balaban J connectivity index is 1.69. The first-order chi connectivity index (χ1) is 11.6. The van der Waals surface area contributed by atoms with Crippen LogP contribution in [0.2, 0.25) is 0 Å². The minimum absolute atomic E-state index is 0.0418. The van der Waals surface area contributed by atoms with Gasteiger partial charge < -0.3 is 14.8 Å². The number of nitrogens with zero attached hydrogens (tertiary/aromatic N) is 3. The summed E-state index contributed by atoms with van der Waals surface area (Å²) in [4.78, 5) is 15.1. The molecule has 1 amide bonds. The molecule has 2 saturated heterocycles.